The molecule has 3 amide bonds. The topological polar surface area (TPSA) is 113 Å². The Hall–Kier alpha value is -5.13. The second-order valence-corrected chi connectivity index (χ2v) is 13.3. The van der Waals surface area contributed by atoms with Crippen molar-refractivity contribution in [3.05, 3.63) is 160 Å². The lowest BCUT2D eigenvalue weighted by molar-refractivity contribution is -0.116. The molecule has 2 aromatic heterocycles. The van der Waals surface area contributed by atoms with Crippen molar-refractivity contribution in [1.29, 1.82) is 0 Å². The Kier molecular flexibility index (Phi) is 10.9. The number of rotatable bonds is 11. The Balaban J connectivity index is 1.20. The standard InChI is InChI=1S/C37H26Cl2N4O4S2/c38-25-16-17-29(30(39)19-25)32-22-48-37(42-32)43-36(46)33(23-9-3-1-4-10-23)49-28-15-7-13-26(20-28)40-35(45)31(21-27-14-8-18-47-27)41-34(44)24-11-5-2-6-12-24/h1-22,33H,(H,40,45)(H,41,44)(H,42,43,46)/b31-21-. The van der Waals surface area contributed by atoms with Crippen LogP contribution in [0, 0.1) is 0 Å². The predicted octanol–water partition coefficient (Wildman–Crippen LogP) is 9.59. The Bertz CT molecular complexity index is 2120. The van der Waals surface area contributed by atoms with Gasteiger partial charge in [-0.05, 0) is 66.2 Å². The smallest absolute Gasteiger partial charge is 0.272 e. The van der Waals surface area contributed by atoms with Gasteiger partial charge >= 0.3 is 0 Å². The van der Waals surface area contributed by atoms with Crippen LogP contribution >= 0.6 is 46.3 Å². The monoisotopic (exact) mass is 724 g/mol. The summed E-state index contributed by atoms with van der Waals surface area (Å²) < 4.78 is 5.39. The average Bonchev–Trinajstić information content (AvgIpc) is 3.80. The van der Waals surface area contributed by atoms with Gasteiger partial charge in [0, 0.05) is 38.2 Å². The highest BCUT2D eigenvalue weighted by Crippen LogP contribution is 2.38. The van der Waals surface area contributed by atoms with Crippen LogP contribution in [0.2, 0.25) is 10.0 Å². The molecule has 0 spiro atoms. The summed E-state index contributed by atoms with van der Waals surface area (Å²) in [4.78, 5) is 45.5. The number of amides is 3. The van der Waals surface area contributed by atoms with Crippen LogP contribution in [0.4, 0.5) is 10.8 Å². The zero-order valence-electron chi connectivity index (χ0n) is 25.4. The number of hydrogen-bond acceptors (Lipinski definition) is 7. The number of thiazole rings is 1. The highest BCUT2D eigenvalue weighted by molar-refractivity contribution is 8.00. The third-order valence-corrected chi connectivity index (χ3v) is 9.54. The fraction of sp³-hybridized carbons (Fsp3) is 0.0270. The summed E-state index contributed by atoms with van der Waals surface area (Å²) in [6.07, 6.45) is 2.93. The molecule has 8 nitrogen and oxygen atoms in total. The lowest BCUT2D eigenvalue weighted by atomic mass is 10.1. The number of carbonyl (C=O) groups is 3. The molecule has 0 radical (unpaired) electrons. The Labute approximate surface area is 300 Å². The number of aromatic nitrogens is 1. The van der Waals surface area contributed by atoms with Crippen LogP contribution in [0.15, 0.2) is 142 Å². The van der Waals surface area contributed by atoms with Crippen LogP contribution in [0.25, 0.3) is 17.3 Å². The number of nitrogens with one attached hydrogen (secondary N) is 3. The van der Waals surface area contributed by atoms with Gasteiger partial charge < -0.3 is 20.4 Å². The maximum atomic E-state index is 13.8. The molecule has 4 aromatic carbocycles. The van der Waals surface area contributed by atoms with E-state index in [1.807, 2.05) is 41.8 Å². The molecule has 49 heavy (non-hydrogen) atoms. The van der Waals surface area contributed by atoms with Crippen molar-refractivity contribution >= 4 is 80.9 Å². The van der Waals surface area contributed by atoms with Crippen molar-refractivity contribution in [3.8, 4) is 11.3 Å². The first kappa shape index (κ1) is 33.8. The highest BCUT2D eigenvalue weighted by atomic mass is 35.5. The van der Waals surface area contributed by atoms with Crippen molar-refractivity contribution < 1.29 is 18.8 Å². The fourth-order valence-electron chi connectivity index (χ4n) is 4.66. The van der Waals surface area contributed by atoms with E-state index in [4.69, 9.17) is 27.6 Å². The number of nitrogens with zero attached hydrogens (tertiary/aromatic N) is 1. The van der Waals surface area contributed by atoms with Crippen molar-refractivity contribution in [2.24, 2.45) is 0 Å². The Morgan fingerprint density at radius 1 is 0.837 bits per heavy atom. The molecule has 3 N–H and O–H groups in total. The maximum absolute atomic E-state index is 13.8. The zero-order valence-corrected chi connectivity index (χ0v) is 28.6. The molecule has 0 fully saturated rings. The number of thioether (sulfide) groups is 1. The molecule has 0 saturated carbocycles. The van der Waals surface area contributed by atoms with Crippen molar-refractivity contribution in [2.75, 3.05) is 10.6 Å². The molecule has 1 unspecified atom stereocenters. The van der Waals surface area contributed by atoms with Crippen LogP contribution in [0.5, 0.6) is 0 Å². The van der Waals surface area contributed by atoms with E-state index in [2.05, 4.69) is 20.9 Å². The summed E-state index contributed by atoms with van der Waals surface area (Å²) in [7, 11) is 0. The van der Waals surface area contributed by atoms with Gasteiger partial charge in [0.1, 0.15) is 16.7 Å². The van der Waals surface area contributed by atoms with E-state index < -0.39 is 17.1 Å². The van der Waals surface area contributed by atoms with E-state index >= 15 is 0 Å². The summed E-state index contributed by atoms with van der Waals surface area (Å²) in [5.74, 6) is -0.886. The molecular weight excluding hydrogens is 699 g/mol. The quantitative estimate of drug-likeness (QED) is 0.0906. The van der Waals surface area contributed by atoms with Gasteiger partial charge in [-0.15, -0.1) is 23.1 Å². The van der Waals surface area contributed by atoms with Crippen LogP contribution in [-0.4, -0.2) is 22.7 Å². The molecule has 0 aliphatic heterocycles. The molecule has 244 valence electrons. The highest BCUT2D eigenvalue weighted by Gasteiger charge is 2.24. The number of furan rings is 1. The third-order valence-electron chi connectivity index (χ3n) is 6.99. The Morgan fingerprint density at radius 3 is 2.35 bits per heavy atom. The number of carbonyl (C=O) groups excluding carboxylic acids is 3. The molecular formula is C37H26Cl2N4O4S2. The second-order valence-electron chi connectivity index (χ2n) is 10.4. The fourth-order valence-corrected chi connectivity index (χ4v) is 6.97. The zero-order chi connectivity index (χ0) is 34.2. The minimum Gasteiger partial charge on any atom is -0.465 e. The van der Waals surface area contributed by atoms with E-state index in [0.29, 0.717) is 43.4 Å². The van der Waals surface area contributed by atoms with Crippen LogP contribution < -0.4 is 16.0 Å². The molecule has 6 rings (SSSR count). The normalized spacial score (nSPS) is 11.8. The first-order valence-corrected chi connectivity index (χ1v) is 17.3. The molecule has 0 saturated heterocycles. The minimum absolute atomic E-state index is 0.00824. The molecule has 0 aliphatic carbocycles. The van der Waals surface area contributed by atoms with Gasteiger partial charge in [0.05, 0.1) is 17.0 Å². The first-order valence-electron chi connectivity index (χ1n) is 14.8. The molecule has 12 heteroatoms. The molecule has 1 atom stereocenters. The molecule has 6 aromatic rings. The van der Waals surface area contributed by atoms with E-state index in [9.17, 15) is 14.4 Å². The molecule has 2 heterocycles. The lowest BCUT2D eigenvalue weighted by Gasteiger charge is -2.17. The van der Waals surface area contributed by atoms with Crippen LogP contribution in [-0.2, 0) is 9.59 Å². The number of halogens is 2. The van der Waals surface area contributed by atoms with Gasteiger partial charge in [-0.2, -0.15) is 0 Å². The number of anilines is 2. The Morgan fingerprint density at radius 2 is 1.61 bits per heavy atom. The van der Waals surface area contributed by atoms with E-state index in [0.717, 1.165) is 10.5 Å². The van der Waals surface area contributed by atoms with Crippen molar-refractivity contribution in [3.63, 3.8) is 0 Å². The van der Waals surface area contributed by atoms with Crippen molar-refractivity contribution in [2.45, 2.75) is 10.1 Å². The van der Waals surface area contributed by atoms with E-state index in [1.165, 1.54) is 35.4 Å². The summed E-state index contributed by atoms with van der Waals surface area (Å²) in [6.45, 7) is 0. The first-order chi connectivity index (χ1) is 23.8. The summed E-state index contributed by atoms with van der Waals surface area (Å²) >= 11 is 15.0. The van der Waals surface area contributed by atoms with E-state index in [1.54, 1.807) is 78.9 Å². The molecule has 0 aliphatic rings. The van der Waals surface area contributed by atoms with Gasteiger partial charge in [-0.3, -0.25) is 14.4 Å². The SMILES string of the molecule is O=C(Nc1cccc(SC(C(=O)Nc2nc(-c3ccc(Cl)cc3Cl)cs2)c2ccccc2)c1)/C(=C/c1ccco1)NC(=O)c1ccccc1. The summed E-state index contributed by atoms with van der Waals surface area (Å²) in [5.41, 5.74) is 2.96. The van der Waals surface area contributed by atoms with Gasteiger partial charge in [0.15, 0.2) is 5.13 Å². The van der Waals surface area contributed by atoms with Gasteiger partial charge in [-0.25, -0.2) is 4.98 Å². The molecule has 0 bridgehead atoms. The lowest BCUT2D eigenvalue weighted by Crippen LogP contribution is -2.30. The van der Waals surface area contributed by atoms with Gasteiger partial charge in [0.2, 0.25) is 5.91 Å². The number of benzene rings is 4. The average molecular weight is 726 g/mol. The third kappa shape index (κ3) is 8.87. The summed E-state index contributed by atoms with van der Waals surface area (Å²) in [5, 5.41) is 11.1. The summed E-state index contributed by atoms with van der Waals surface area (Å²) in [6, 6.07) is 33.6. The van der Waals surface area contributed by atoms with Crippen LogP contribution in [0.1, 0.15) is 26.9 Å². The predicted molar refractivity (Wildman–Crippen MR) is 197 cm³/mol. The second kappa shape index (κ2) is 15.8. The van der Waals surface area contributed by atoms with Gasteiger partial charge in [-0.1, -0.05) is 77.8 Å². The number of hydrogen-bond donors (Lipinski definition) is 3. The van der Waals surface area contributed by atoms with E-state index in [-0.39, 0.29) is 11.6 Å². The minimum atomic E-state index is -0.654. The van der Waals surface area contributed by atoms with Gasteiger partial charge in [0.25, 0.3) is 11.8 Å². The van der Waals surface area contributed by atoms with Crippen molar-refractivity contribution in [1.82, 2.24) is 10.3 Å². The van der Waals surface area contributed by atoms with Crippen LogP contribution in [0.3, 0.4) is 0 Å². The largest absolute Gasteiger partial charge is 0.465 e. The maximum Gasteiger partial charge on any atom is 0.272 e.